The van der Waals surface area contributed by atoms with Crippen molar-refractivity contribution in [1.82, 2.24) is 0 Å². The number of hydrogen-bond donors (Lipinski definition) is 1. The summed E-state index contributed by atoms with van der Waals surface area (Å²) in [5, 5.41) is 5.17. The van der Waals surface area contributed by atoms with E-state index in [-0.39, 0.29) is 28.3 Å². The molecule has 43 heavy (non-hydrogen) atoms. The molecule has 218 valence electrons. The average Bonchev–Trinajstić information content (AvgIpc) is 3.26. The number of carbonyl (C=O) groups is 2. The van der Waals surface area contributed by atoms with Crippen molar-refractivity contribution in [3.63, 3.8) is 0 Å². The van der Waals surface area contributed by atoms with Gasteiger partial charge in [-0.3, -0.25) is 14.5 Å². The number of aliphatic imine (C=N–C) groups is 1. The minimum absolute atomic E-state index is 0.118. The number of thioether (sulfide) groups is 1. The predicted octanol–water partition coefficient (Wildman–Crippen LogP) is 10.4. The highest BCUT2D eigenvalue weighted by Crippen LogP contribution is 2.40. The van der Waals surface area contributed by atoms with Gasteiger partial charge in [-0.1, -0.05) is 69.6 Å². The van der Waals surface area contributed by atoms with Gasteiger partial charge in [0.15, 0.2) is 17.5 Å². The Balaban J connectivity index is 1.36. The van der Waals surface area contributed by atoms with E-state index in [1.54, 1.807) is 78.9 Å². The number of nitrogens with zero attached hydrogens (tertiary/aromatic N) is 2. The fourth-order valence-electron chi connectivity index (χ4n) is 3.85. The third-order valence-electron chi connectivity index (χ3n) is 5.81. The number of amidine groups is 1. The van der Waals surface area contributed by atoms with Gasteiger partial charge in [0.1, 0.15) is 0 Å². The second-order valence-electron chi connectivity index (χ2n) is 8.88. The molecule has 4 aromatic rings. The summed E-state index contributed by atoms with van der Waals surface area (Å²) < 4.78 is 5.60. The third-order valence-corrected chi connectivity index (χ3v) is 8.59. The molecular weight excluding hydrogens is 695 g/mol. The van der Waals surface area contributed by atoms with Crippen molar-refractivity contribution in [1.29, 1.82) is 0 Å². The second kappa shape index (κ2) is 13.8. The summed E-state index contributed by atoms with van der Waals surface area (Å²) in [7, 11) is 0. The highest BCUT2D eigenvalue weighted by Gasteiger charge is 2.35. The van der Waals surface area contributed by atoms with Crippen molar-refractivity contribution in [2.24, 2.45) is 4.99 Å². The van der Waals surface area contributed by atoms with Gasteiger partial charge in [0.25, 0.3) is 11.8 Å². The Bertz CT molecular complexity index is 1760. The molecule has 1 fully saturated rings. The minimum atomic E-state index is -0.459. The molecule has 13 heteroatoms. The average molecular weight is 712 g/mol. The number of hydrogen-bond acceptors (Lipinski definition) is 5. The zero-order chi connectivity index (χ0) is 30.7. The minimum Gasteiger partial charge on any atom is -0.481 e. The lowest BCUT2D eigenvalue weighted by molar-refractivity contribution is -0.118. The molecule has 0 bridgehead atoms. The lowest BCUT2D eigenvalue weighted by atomic mass is 10.2. The Morgan fingerprint density at radius 2 is 1.44 bits per heavy atom. The SMILES string of the molecule is O=C(COc1c(Cl)cc(/C=C2/SC(=Nc3ccc(Cl)cc3)N(c3ccc(Cl)cc3)C2=O)cc1Cl)Nc1ccc(Cl)c(Cl)c1. The molecule has 1 heterocycles. The zero-order valence-corrected chi connectivity index (χ0v) is 26.9. The van der Waals surface area contributed by atoms with Gasteiger partial charge >= 0.3 is 0 Å². The molecular formula is C30H17Cl6N3O3S. The summed E-state index contributed by atoms with van der Waals surface area (Å²) in [6.07, 6.45) is 1.65. The Labute approximate surface area is 281 Å². The van der Waals surface area contributed by atoms with Crippen molar-refractivity contribution in [3.05, 3.63) is 119 Å². The maximum atomic E-state index is 13.6. The van der Waals surface area contributed by atoms with E-state index in [1.807, 2.05) is 0 Å². The van der Waals surface area contributed by atoms with Gasteiger partial charge < -0.3 is 10.1 Å². The summed E-state index contributed by atoms with van der Waals surface area (Å²) in [6, 6.07) is 21.7. The Kier molecular flexibility index (Phi) is 10.1. The molecule has 0 aromatic heterocycles. The van der Waals surface area contributed by atoms with Gasteiger partial charge in [0, 0.05) is 15.7 Å². The van der Waals surface area contributed by atoms with Crippen LogP contribution in [0.15, 0.2) is 88.8 Å². The molecule has 2 amide bonds. The summed E-state index contributed by atoms with van der Waals surface area (Å²) in [5.41, 5.74) is 2.21. The van der Waals surface area contributed by atoms with Gasteiger partial charge in [0.2, 0.25) is 0 Å². The first kappa shape index (κ1) is 31.5. The molecule has 4 aromatic carbocycles. The first-order chi connectivity index (χ1) is 20.6. The third kappa shape index (κ3) is 7.80. The first-order valence-corrected chi connectivity index (χ1v) is 15.4. The summed E-state index contributed by atoms with van der Waals surface area (Å²) in [4.78, 5) is 32.6. The molecule has 0 atom stereocenters. The van der Waals surface area contributed by atoms with Crippen LogP contribution in [0.5, 0.6) is 5.75 Å². The second-order valence-corrected chi connectivity index (χ2v) is 12.4. The van der Waals surface area contributed by atoms with E-state index in [1.165, 1.54) is 22.7 Å². The number of nitrogens with one attached hydrogen (secondary N) is 1. The Morgan fingerprint density at radius 3 is 2.07 bits per heavy atom. The molecule has 1 aliphatic rings. The van der Waals surface area contributed by atoms with Crippen molar-refractivity contribution in [2.75, 3.05) is 16.8 Å². The smallest absolute Gasteiger partial charge is 0.271 e. The monoisotopic (exact) mass is 709 g/mol. The molecule has 1 N–H and O–H groups in total. The highest BCUT2D eigenvalue weighted by molar-refractivity contribution is 8.19. The maximum Gasteiger partial charge on any atom is 0.271 e. The Morgan fingerprint density at radius 1 is 0.814 bits per heavy atom. The topological polar surface area (TPSA) is 71.0 Å². The largest absolute Gasteiger partial charge is 0.481 e. The van der Waals surface area contributed by atoms with Crippen LogP contribution in [0.1, 0.15) is 5.56 Å². The quantitative estimate of drug-likeness (QED) is 0.194. The zero-order valence-electron chi connectivity index (χ0n) is 21.6. The summed E-state index contributed by atoms with van der Waals surface area (Å²) in [5.74, 6) is -0.640. The fraction of sp³-hybridized carbons (Fsp3) is 0.0333. The van der Waals surface area contributed by atoms with Crippen LogP contribution >= 0.6 is 81.4 Å². The van der Waals surface area contributed by atoms with E-state index in [0.717, 1.165) is 0 Å². The van der Waals surface area contributed by atoms with E-state index in [2.05, 4.69) is 10.3 Å². The van der Waals surface area contributed by atoms with Crippen LogP contribution in [0.4, 0.5) is 17.1 Å². The van der Waals surface area contributed by atoms with E-state index < -0.39 is 5.91 Å². The van der Waals surface area contributed by atoms with E-state index in [4.69, 9.17) is 74.3 Å². The summed E-state index contributed by atoms with van der Waals surface area (Å²) in [6.45, 7) is -0.366. The maximum absolute atomic E-state index is 13.6. The Hall–Kier alpha value is -2.88. The number of ether oxygens (including phenoxy) is 1. The molecule has 0 saturated carbocycles. The molecule has 6 nitrogen and oxygen atoms in total. The summed E-state index contributed by atoms with van der Waals surface area (Å²) >= 11 is 38.1. The molecule has 0 unspecified atom stereocenters. The van der Waals surface area contributed by atoms with Crippen LogP contribution in [0.25, 0.3) is 6.08 Å². The van der Waals surface area contributed by atoms with Gasteiger partial charge in [-0.05, 0) is 102 Å². The number of halogens is 6. The first-order valence-electron chi connectivity index (χ1n) is 12.3. The van der Waals surface area contributed by atoms with Crippen LogP contribution < -0.4 is 15.0 Å². The van der Waals surface area contributed by atoms with E-state index in [0.29, 0.717) is 52.8 Å². The van der Waals surface area contributed by atoms with Crippen LogP contribution in [0.3, 0.4) is 0 Å². The van der Waals surface area contributed by atoms with Gasteiger partial charge in [-0.15, -0.1) is 0 Å². The van der Waals surface area contributed by atoms with Crippen molar-refractivity contribution >= 4 is 121 Å². The molecule has 0 radical (unpaired) electrons. The molecule has 1 saturated heterocycles. The number of rotatable bonds is 7. The number of amides is 2. The van der Waals surface area contributed by atoms with Crippen LogP contribution in [-0.2, 0) is 9.59 Å². The van der Waals surface area contributed by atoms with Gasteiger partial charge in [-0.25, -0.2) is 4.99 Å². The molecule has 0 aliphatic carbocycles. The van der Waals surface area contributed by atoms with Crippen LogP contribution in [-0.4, -0.2) is 23.6 Å². The van der Waals surface area contributed by atoms with Gasteiger partial charge in [-0.2, -0.15) is 0 Å². The molecule has 0 spiro atoms. The van der Waals surface area contributed by atoms with E-state index >= 15 is 0 Å². The highest BCUT2D eigenvalue weighted by atomic mass is 35.5. The lowest BCUT2D eigenvalue weighted by Gasteiger charge is -2.15. The molecule has 1 aliphatic heterocycles. The lowest BCUT2D eigenvalue weighted by Crippen LogP contribution is -2.28. The van der Waals surface area contributed by atoms with E-state index in [9.17, 15) is 9.59 Å². The number of benzene rings is 4. The van der Waals surface area contributed by atoms with Crippen molar-refractivity contribution < 1.29 is 14.3 Å². The van der Waals surface area contributed by atoms with Crippen molar-refractivity contribution in [3.8, 4) is 5.75 Å². The molecule has 5 rings (SSSR count). The standard InChI is InChI=1S/C30H17Cl6N3O3S/c31-17-1-5-19(6-2-17)38-30-39(21-8-3-18(32)4-9-21)29(41)26(43-30)13-16-11-24(35)28(25(36)12-16)42-15-27(40)37-20-7-10-22(33)23(34)14-20/h1-14H,15H2,(H,37,40)/b26-13+,38-30?. The normalized spacial score (nSPS) is 14.9. The predicted molar refractivity (Wildman–Crippen MR) is 180 cm³/mol. The van der Waals surface area contributed by atoms with Gasteiger partial charge in [0.05, 0.1) is 36.4 Å². The van der Waals surface area contributed by atoms with Crippen molar-refractivity contribution in [2.45, 2.75) is 0 Å². The van der Waals surface area contributed by atoms with Crippen LogP contribution in [0.2, 0.25) is 30.1 Å². The van der Waals surface area contributed by atoms with Crippen LogP contribution in [0, 0.1) is 0 Å². The number of carbonyl (C=O) groups excluding carboxylic acids is 2. The fourth-order valence-corrected chi connectivity index (χ4v) is 6.02. The number of anilines is 2.